The van der Waals surface area contributed by atoms with Crippen molar-refractivity contribution in [2.24, 2.45) is 5.73 Å². The SMILES string of the molecule is NC(CO)C(=O)NC(Cc1c[nH]c2ccccc12)C(=O)O. The number of para-hydroxylation sites is 1. The summed E-state index contributed by atoms with van der Waals surface area (Å²) in [7, 11) is 0. The van der Waals surface area contributed by atoms with Gasteiger partial charge in [0.15, 0.2) is 0 Å². The van der Waals surface area contributed by atoms with Crippen LogP contribution in [0.1, 0.15) is 5.56 Å². The number of nitrogens with two attached hydrogens (primary N) is 1. The van der Waals surface area contributed by atoms with E-state index in [4.69, 9.17) is 10.8 Å². The number of carbonyl (C=O) groups excluding carboxylic acids is 1. The lowest BCUT2D eigenvalue weighted by Gasteiger charge is -2.16. The second-order valence-corrected chi connectivity index (χ2v) is 4.75. The molecule has 7 nitrogen and oxygen atoms in total. The van der Waals surface area contributed by atoms with Crippen LogP contribution in [0.25, 0.3) is 10.9 Å². The average molecular weight is 291 g/mol. The maximum Gasteiger partial charge on any atom is 0.326 e. The van der Waals surface area contributed by atoms with E-state index in [1.807, 2.05) is 24.3 Å². The van der Waals surface area contributed by atoms with Gasteiger partial charge in [-0.1, -0.05) is 18.2 Å². The van der Waals surface area contributed by atoms with E-state index in [-0.39, 0.29) is 6.42 Å². The molecule has 0 aliphatic carbocycles. The molecule has 1 aromatic heterocycles. The number of aliphatic carboxylic acids is 1. The molecule has 0 spiro atoms. The number of hydrogen-bond acceptors (Lipinski definition) is 4. The van der Waals surface area contributed by atoms with Crippen LogP contribution >= 0.6 is 0 Å². The van der Waals surface area contributed by atoms with Gasteiger partial charge in [0.1, 0.15) is 12.1 Å². The summed E-state index contributed by atoms with van der Waals surface area (Å²) in [4.78, 5) is 25.9. The normalized spacial score (nSPS) is 13.8. The Labute approximate surface area is 120 Å². The molecule has 2 unspecified atom stereocenters. The Morgan fingerprint density at radius 3 is 2.71 bits per heavy atom. The van der Waals surface area contributed by atoms with Crippen LogP contribution in [-0.4, -0.2) is 45.8 Å². The molecule has 0 aliphatic heterocycles. The van der Waals surface area contributed by atoms with Crippen LogP contribution in [0, 0.1) is 0 Å². The van der Waals surface area contributed by atoms with Crippen molar-refractivity contribution in [1.82, 2.24) is 10.3 Å². The first kappa shape index (κ1) is 15.0. The molecule has 0 fully saturated rings. The molecule has 0 radical (unpaired) electrons. The molecule has 112 valence electrons. The number of aliphatic hydroxyl groups excluding tert-OH is 1. The van der Waals surface area contributed by atoms with Gasteiger partial charge in [0.05, 0.1) is 6.61 Å². The summed E-state index contributed by atoms with van der Waals surface area (Å²) < 4.78 is 0. The van der Waals surface area contributed by atoms with Crippen LogP contribution in [0.3, 0.4) is 0 Å². The summed E-state index contributed by atoms with van der Waals surface area (Å²) in [6.45, 7) is -0.536. The largest absolute Gasteiger partial charge is 0.480 e. The van der Waals surface area contributed by atoms with Gasteiger partial charge in [0, 0.05) is 23.5 Å². The number of rotatable bonds is 6. The van der Waals surface area contributed by atoms with E-state index >= 15 is 0 Å². The van der Waals surface area contributed by atoms with Crippen LogP contribution in [0.15, 0.2) is 30.5 Å². The molecule has 1 heterocycles. The van der Waals surface area contributed by atoms with Gasteiger partial charge in [-0.05, 0) is 11.6 Å². The molecule has 7 heteroatoms. The van der Waals surface area contributed by atoms with Gasteiger partial charge < -0.3 is 26.2 Å². The van der Waals surface area contributed by atoms with Crippen molar-refractivity contribution in [3.63, 3.8) is 0 Å². The molecule has 2 rings (SSSR count). The summed E-state index contributed by atoms with van der Waals surface area (Å²) in [6.07, 6.45) is 1.85. The molecule has 0 saturated carbocycles. The average Bonchev–Trinajstić information content (AvgIpc) is 2.88. The predicted molar refractivity (Wildman–Crippen MR) is 76.6 cm³/mol. The topological polar surface area (TPSA) is 128 Å². The quantitative estimate of drug-likeness (QED) is 0.494. The molecule has 0 saturated heterocycles. The third-order valence-electron chi connectivity index (χ3n) is 3.25. The number of aromatic nitrogens is 1. The monoisotopic (exact) mass is 291 g/mol. The lowest BCUT2D eigenvalue weighted by Crippen LogP contribution is -2.50. The molecular formula is C14H17N3O4. The first-order chi connectivity index (χ1) is 10.0. The Bertz CT molecular complexity index is 652. The molecule has 0 aliphatic rings. The Balaban J connectivity index is 2.17. The van der Waals surface area contributed by atoms with E-state index < -0.39 is 30.6 Å². The minimum atomic E-state index is -1.15. The van der Waals surface area contributed by atoms with Gasteiger partial charge in [-0.2, -0.15) is 0 Å². The zero-order chi connectivity index (χ0) is 15.4. The molecule has 2 aromatic rings. The summed E-state index contributed by atoms with van der Waals surface area (Å²) in [6, 6.07) is 5.26. The van der Waals surface area contributed by atoms with Crippen molar-refractivity contribution >= 4 is 22.8 Å². The fourth-order valence-corrected chi connectivity index (χ4v) is 2.08. The third-order valence-corrected chi connectivity index (χ3v) is 3.25. The summed E-state index contributed by atoms with van der Waals surface area (Å²) in [5.41, 5.74) is 7.05. The Hall–Kier alpha value is -2.38. The second kappa shape index (κ2) is 6.38. The summed E-state index contributed by atoms with van der Waals surface area (Å²) in [5.74, 6) is -1.84. The number of fused-ring (bicyclic) bond motifs is 1. The van der Waals surface area contributed by atoms with Gasteiger partial charge in [-0.15, -0.1) is 0 Å². The van der Waals surface area contributed by atoms with Crippen molar-refractivity contribution in [2.75, 3.05) is 6.61 Å². The van der Waals surface area contributed by atoms with Crippen molar-refractivity contribution in [2.45, 2.75) is 18.5 Å². The Morgan fingerprint density at radius 1 is 1.33 bits per heavy atom. The fourth-order valence-electron chi connectivity index (χ4n) is 2.08. The zero-order valence-electron chi connectivity index (χ0n) is 11.2. The van der Waals surface area contributed by atoms with Crippen molar-refractivity contribution in [1.29, 1.82) is 0 Å². The highest BCUT2D eigenvalue weighted by atomic mass is 16.4. The first-order valence-corrected chi connectivity index (χ1v) is 6.47. The lowest BCUT2D eigenvalue weighted by atomic mass is 10.0. The zero-order valence-corrected chi connectivity index (χ0v) is 11.2. The molecule has 21 heavy (non-hydrogen) atoms. The van der Waals surface area contributed by atoms with Crippen LogP contribution in [0.4, 0.5) is 0 Å². The number of carbonyl (C=O) groups is 2. The predicted octanol–water partition coefficient (Wildman–Crippen LogP) is -0.401. The number of benzene rings is 1. The smallest absolute Gasteiger partial charge is 0.326 e. The number of H-pyrrole nitrogens is 1. The van der Waals surface area contributed by atoms with Crippen LogP contribution < -0.4 is 11.1 Å². The maximum absolute atomic E-state index is 11.6. The number of carboxylic acid groups (broad SMARTS) is 1. The van der Waals surface area contributed by atoms with Gasteiger partial charge in [0.2, 0.25) is 5.91 Å². The number of carboxylic acids is 1. The maximum atomic E-state index is 11.6. The van der Waals surface area contributed by atoms with Crippen LogP contribution in [-0.2, 0) is 16.0 Å². The van der Waals surface area contributed by atoms with Crippen LogP contribution in [0.2, 0.25) is 0 Å². The number of aromatic amines is 1. The van der Waals surface area contributed by atoms with E-state index in [0.29, 0.717) is 0 Å². The van der Waals surface area contributed by atoms with E-state index in [0.717, 1.165) is 16.5 Å². The number of hydrogen-bond donors (Lipinski definition) is 5. The van der Waals surface area contributed by atoms with Gasteiger partial charge in [-0.3, -0.25) is 4.79 Å². The molecular weight excluding hydrogens is 274 g/mol. The molecule has 6 N–H and O–H groups in total. The van der Waals surface area contributed by atoms with E-state index in [9.17, 15) is 14.7 Å². The van der Waals surface area contributed by atoms with Gasteiger partial charge in [-0.25, -0.2) is 4.79 Å². The van der Waals surface area contributed by atoms with E-state index in [1.165, 1.54) is 0 Å². The fraction of sp³-hybridized carbons (Fsp3) is 0.286. The highest BCUT2D eigenvalue weighted by Crippen LogP contribution is 2.19. The van der Waals surface area contributed by atoms with Gasteiger partial charge >= 0.3 is 5.97 Å². The minimum Gasteiger partial charge on any atom is -0.480 e. The Morgan fingerprint density at radius 2 is 2.05 bits per heavy atom. The lowest BCUT2D eigenvalue weighted by molar-refractivity contribution is -0.142. The number of aliphatic hydroxyl groups is 1. The second-order valence-electron chi connectivity index (χ2n) is 4.75. The number of amides is 1. The summed E-state index contributed by atoms with van der Waals surface area (Å²) >= 11 is 0. The van der Waals surface area contributed by atoms with E-state index in [1.54, 1.807) is 6.20 Å². The minimum absolute atomic E-state index is 0.128. The van der Waals surface area contributed by atoms with Crippen molar-refractivity contribution in [3.8, 4) is 0 Å². The molecule has 1 amide bonds. The van der Waals surface area contributed by atoms with E-state index in [2.05, 4.69) is 10.3 Å². The van der Waals surface area contributed by atoms with Crippen molar-refractivity contribution < 1.29 is 19.8 Å². The molecule has 2 atom stereocenters. The highest BCUT2D eigenvalue weighted by molar-refractivity contribution is 5.88. The first-order valence-electron chi connectivity index (χ1n) is 6.47. The van der Waals surface area contributed by atoms with Gasteiger partial charge in [0.25, 0.3) is 0 Å². The third kappa shape index (κ3) is 3.39. The summed E-state index contributed by atoms with van der Waals surface area (Å²) in [5, 5.41) is 21.3. The number of nitrogens with one attached hydrogen (secondary N) is 2. The molecule has 0 bridgehead atoms. The highest BCUT2D eigenvalue weighted by Gasteiger charge is 2.24. The van der Waals surface area contributed by atoms with Crippen molar-refractivity contribution in [3.05, 3.63) is 36.0 Å². The van der Waals surface area contributed by atoms with Crippen LogP contribution in [0.5, 0.6) is 0 Å². The Kier molecular flexibility index (Phi) is 4.56. The molecule has 1 aromatic carbocycles. The standard InChI is InChI=1S/C14H17N3O4/c15-10(7-18)13(19)17-12(14(20)21)5-8-6-16-11-4-2-1-3-9(8)11/h1-4,6,10,12,16,18H,5,7,15H2,(H,17,19)(H,20,21).